The van der Waals surface area contributed by atoms with Gasteiger partial charge in [0.05, 0.1) is 5.70 Å². The van der Waals surface area contributed by atoms with Crippen LogP contribution >= 0.6 is 11.3 Å². The monoisotopic (exact) mass is 416 g/mol. The van der Waals surface area contributed by atoms with Gasteiger partial charge in [-0.15, -0.1) is 11.3 Å². The number of rotatable bonds is 9. The summed E-state index contributed by atoms with van der Waals surface area (Å²) in [7, 11) is 0. The molecule has 1 aliphatic rings. The van der Waals surface area contributed by atoms with E-state index in [1.807, 2.05) is 0 Å². The van der Waals surface area contributed by atoms with Crippen molar-refractivity contribution in [3.05, 3.63) is 94.1 Å². The van der Waals surface area contributed by atoms with Crippen LogP contribution in [-0.2, 0) is 17.6 Å². The number of carbonyl (C=O) groups is 1. The molecule has 4 rings (SSSR count). The molecule has 4 heteroatoms. The molecule has 30 heavy (non-hydrogen) atoms. The van der Waals surface area contributed by atoms with Crippen molar-refractivity contribution in [2.45, 2.75) is 39.2 Å². The highest BCUT2D eigenvalue weighted by molar-refractivity contribution is 7.17. The zero-order valence-electron chi connectivity index (χ0n) is 17.6. The maximum atomic E-state index is 12.3. The first-order valence-corrected chi connectivity index (χ1v) is 11.4. The smallest absolute Gasteiger partial charge is 0.212 e. The lowest BCUT2D eigenvalue weighted by Gasteiger charge is -2.29. The van der Waals surface area contributed by atoms with Crippen LogP contribution in [0.25, 0.3) is 10.1 Å². The van der Waals surface area contributed by atoms with E-state index in [1.165, 1.54) is 26.8 Å². The van der Waals surface area contributed by atoms with Crippen molar-refractivity contribution in [1.29, 1.82) is 0 Å². The lowest BCUT2D eigenvalue weighted by molar-refractivity contribution is -0.113. The van der Waals surface area contributed by atoms with Crippen LogP contribution in [0, 0.1) is 6.92 Å². The Morgan fingerprint density at radius 1 is 1.07 bits per heavy atom. The zero-order chi connectivity index (χ0) is 21.1. The van der Waals surface area contributed by atoms with Gasteiger partial charge < -0.3 is 10.6 Å². The number of aryl methyl sites for hydroxylation is 2. The molecular formula is C26H28N2OS. The summed E-state index contributed by atoms with van der Waals surface area (Å²) in [5.41, 5.74) is 6.10. The van der Waals surface area contributed by atoms with Gasteiger partial charge in [-0.25, -0.2) is 0 Å². The quantitative estimate of drug-likeness (QED) is 0.367. The minimum atomic E-state index is 0.0287. The summed E-state index contributed by atoms with van der Waals surface area (Å²) in [4.78, 5) is 12.3. The summed E-state index contributed by atoms with van der Waals surface area (Å²) in [6.07, 6.45) is 2.89. The fraction of sp³-hybridized carbons (Fsp3) is 0.269. The zero-order valence-corrected chi connectivity index (χ0v) is 18.4. The molecule has 0 spiro atoms. The molecule has 0 amide bonds. The van der Waals surface area contributed by atoms with Gasteiger partial charge in [0, 0.05) is 22.9 Å². The number of Topliss-reactive ketones (excluding diaryl/α,β-unsaturated/α-hetero) is 1. The second-order valence-electron chi connectivity index (χ2n) is 8.08. The summed E-state index contributed by atoms with van der Waals surface area (Å²) in [5, 5.41) is 10.4. The minimum Gasteiger partial charge on any atom is -0.380 e. The van der Waals surface area contributed by atoms with E-state index < -0.39 is 0 Å². The van der Waals surface area contributed by atoms with Crippen molar-refractivity contribution in [3.8, 4) is 0 Å². The summed E-state index contributed by atoms with van der Waals surface area (Å²) in [6.45, 7) is 8.98. The number of carbonyl (C=O) groups excluding carboxylic acids is 1. The van der Waals surface area contributed by atoms with Gasteiger partial charge in [-0.1, -0.05) is 54.6 Å². The van der Waals surface area contributed by atoms with Crippen molar-refractivity contribution in [3.63, 3.8) is 0 Å². The van der Waals surface area contributed by atoms with E-state index in [0.717, 1.165) is 31.5 Å². The second kappa shape index (κ2) is 8.88. The first-order valence-electron chi connectivity index (χ1n) is 10.5. The third-order valence-electron chi connectivity index (χ3n) is 5.60. The summed E-state index contributed by atoms with van der Waals surface area (Å²) in [6, 6.07) is 17.4. The Hall–Kier alpha value is -2.85. The van der Waals surface area contributed by atoms with Crippen LogP contribution in [0.1, 0.15) is 30.0 Å². The Morgan fingerprint density at radius 2 is 1.83 bits per heavy atom. The number of benzene rings is 2. The number of hydrogen-bond donors (Lipinski definition) is 2. The highest BCUT2D eigenvalue weighted by Gasteiger charge is 2.32. The summed E-state index contributed by atoms with van der Waals surface area (Å²) < 4.78 is 1.32. The van der Waals surface area contributed by atoms with Gasteiger partial charge in [0.1, 0.15) is 5.70 Å². The van der Waals surface area contributed by atoms with Gasteiger partial charge >= 0.3 is 0 Å². The standard InChI is InChI=1S/C26H28N2OS/c1-17-10-12-20(13-11-17)7-6-14-27-25-24(19(3)26(25)29)28-18(2)15-21-16-30-23-9-5-4-8-22(21)23/h4-5,8-13,16,18,27-28H,3,6-7,14-15H2,1-2H3. The first-order chi connectivity index (χ1) is 14.5. The van der Waals surface area contributed by atoms with E-state index in [-0.39, 0.29) is 11.8 Å². The van der Waals surface area contributed by atoms with Crippen molar-refractivity contribution in [2.75, 3.05) is 6.54 Å². The van der Waals surface area contributed by atoms with Crippen molar-refractivity contribution < 1.29 is 4.79 Å². The van der Waals surface area contributed by atoms with Crippen LogP contribution in [0.15, 0.2) is 77.5 Å². The number of allylic oxidation sites excluding steroid dienone is 2. The predicted octanol–water partition coefficient (Wildman–Crippen LogP) is 5.30. The SMILES string of the molecule is C=C1C(=O)C(NCCCc2ccc(C)cc2)=C1NC(C)Cc1csc2ccccc12. The normalized spacial score (nSPS) is 14.7. The highest BCUT2D eigenvalue weighted by Crippen LogP contribution is 2.28. The Labute approximate surface area is 182 Å². The molecule has 0 aliphatic heterocycles. The minimum absolute atomic E-state index is 0.0287. The average molecular weight is 417 g/mol. The second-order valence-corrected chi connectivity index (χ2v) is 8.99. The van der Waals surface area contributed by atoms with Gasteiger partial charge in [-0.2, -0.15) is 0 Å². The number of hydrogen-bond acceptors (Lipinski definition) is 4. The topological polar surface area (TPSA) is 41.1 Å². The van der Waals surface area contributed by atoms with Crippen LogP contribution < -0.4 is 10.6 Å². The molecule has 1 heterocycles. The van der Waals surface area contributed by atoms with Crippen molar-refractivity contribution in [1.82, 2.24) is 10.6 Å². The van der Waals surface area contributed by atoms with Gasteiger partial charge in [0.15, 0.2) is 0 Å². The molecule has 3 aromatic rings. The molecule has 0 saturated heterocycles. The number of fused-ring (bicyclic) bond motifs is 1. The molecule has 0 radical (unpaired) electrons. The largest absolute Gasteiger partial charge is 0.380 e. The van der Waals surface area contributed by atoms with Crippen molar-refractivity contribution >= 4 is 27.2 Å². The van der Waals surface area contributed by atoms with Crippen LogP contribution in [-0.4, -0.2) is 18.4 Å². The fourth-order valence-corrected chi connectivity index (χ4v) is 4.85. The molecule has 154 valence electrons. The fourth-order valence-electron chi connectivity index (χ4n) is 3.87. The molecule has 1 aliphatic carbocycles. The lowest BCUT2D eigenvalue weighted by atomic mass is 9.91. The van der Waals surface area contributed by atoms with Gasteiger partial charge in [0.2, 0.25) is 5.78 Å². The van der Waals surface area contributed by atoms with Crippen LogP contribution in [0.4, 0.5) is 0 Å². The summed E-state index contributed by atoms with van der Waals surface area (Å²) >= 11 is 1.78. The molecule has 2 N–H and O–H groups in total. The Bertz CT molecular complexity index is 1110. The van der Waals surface area contributed by atoms with E-state index in [1.54, 1.807) is 11.3 Å². The van der Waals surface area contributed by atoms with Crippen LogP contribution in [0.2, 0.25) is 0 Å². The highest BCUT2D eigenvalue weighted by atomic mass is 32.1. The third kappa shape index (κ3) is 4.34. The Morgan fingerprint density at radius 3 is 2.63 bits per heavy atom. The van der Waals surface area contributed by atoms with E-state index >= 15 is 0 Å². The Balaban J connectivity index is 1.33. The lowest BCUT2D eigenvalue weighted by Crippen LogP contribution is -2.42. The predicted molar refractivity (Wildman–Crippen MR) is 127 cm³/mol. The molecule has 3 nitrogen and oxygen atoms in total. The van der Waals surface area contributed by atoms with Gasteiger partial charge in [-0.05, 0) is 61.1 Å². The maximum absolute atomic E-state index is 12.3. The molecule has 0 bridgehead atoms. The number of nitrogens with one attached hydrogen (secondary N) is 2. The molecule has 0 saturated carbocycles. The molecule has 2 aromatic carbocycles. The molecule has 1 unspecified atom stereocenters. The first kappa shape index (κ1) is 20.4. The van der Waals surface area contributed by atoms with Crippen molar-refractivity contribution in [2.24, 2.45) is 0 Å². The van der Waals surface area contributed by atoms with E-state index in [0.29, 0.717) is 11.3 Å². The Kier molecular flexibility index (Phi) is 6.05. The molecule has 0 fully saturated rings. The van der Waals surface area contributed by atoms with E-state index in [9.17, 15) is 4.79 Å². The number of ketones is 1. The van der Waals surface area contributed by atoms with E-state index in [2.05, 4.69) is 85.0 Å². The average Bonchev–Trinajstić information content (AvgIpc) is 3.16. The van der Waals surface area contributed by atoms with Crippen LogP contribution in [0.5, 0.6) is 0 Å². The van der Waals surface area contributed by atoms with Crippen LogP contribution in [0.3, 0.4) is 0 Å². The molecule has 1 atom stereocenters. The number of thiophene rings is 1. The maximum Gasteiger partial charge on any atom is 0.212 e. The third-order valence-corrected chi connectivity index (χ3v) is 6.61. The van der Waals surface area contributed by atoms with Gasteiger partial charge in [-0.3, -0.25) is 4.79 Å². The summed E-state index contributed by atoms with van der Waals surface area (Å²) in [5.74, 6) is 0.0287. The van der Waals surface area contributed by atoms with Gasteiger partial charge in [0.25, 0.3) is 0 Å². The molecule has 1 aromatic heterocycles. The van der Waals surface area contributed by atoms with E-state index in [4.69, 9.17) is 0 Å². The molecular weight excluding hydrogens is 388 g/mol.